The first-order valence-corrected chi connectivity index (χ1v) is 6.84. The van der Waals surface area contributed by atoms with Crippen LogP contribution in [-0.4, -0.2) is 16.7 Å². The Bertz CT molecular complexity index is 505. The second kappa shape index (κ2) is 5.44. The van der Waals surface area contributed by atoms with Crippen molar-refractivity contribution in [1.82, 2.24) is 4.98 Å². The van der Waals surface area contributed by atoms with Crippen molar-refractivity contribution in [3.05, 3.63) is 22.7 Å². The van der Waals surface area contributed by atoms with Gasteiger partial charge >= 0.3 is 0 Å². The number of allylic oxidation sites excluding steroid dienone is 2. The highest BCUT2D eigenvalue weighted by atomic mass is 32.1. The molecular formula is C13H16N2O2S. The molecule has 96 valence electrons. The summed E-state index contributed by atoms with van der Waals surface area (Å²) in [6.07, 6.45) is 6.77. The summed E-state index contributed by atoms with van der Waals surface area (Å²) in [5.41, 5.74) is 0.686. The fourth-order valence-corrected chi connectivity index (χ4v) is 2.88. The maximum absolute atomic E-state index is 12.0. The number of Topliss-reactive ketones (excluding diaryl/α,β-unsaturated/α-hetero) is 1. The first-order chi connectivity index (χ1) is 8.58. The van der Waals surface area contributed by atoms with E-state index in [1.807, 2.05) is 6.08 Å². The predicted octanol–water partition coefficient (Wildman–Crippen LogP) is 2.95. The van der Waals surface area contributed by atoms with Crippen molar-refractivity contribution in [3.63, 3.8) is 0 Å². The number of carbonyl (C=O) groups excluding carboxylic acids is 2. The van der Waals surface area contributed by atoms with Crippen LogP contribution >= 0.6 is 11.3 Å². The number of nitrogens with zero attached hydrogens (tertiary/aromatic N) is 1. The number of rotatable bonds is 3. The third kappa shape index (κ3) is 2.85. The van der Waals surface area contributed by atoms with Crippen molar-refractivity contribution in [2.75, 3.05) is 5.32 Å². The maximum atomic E-state index is 12.0. The third-order valence-electron chi connectivity index (χ3n) is 2.99. The van der Waals surface area contributed by atoms with Crippen LogP contribution in [0.25, 0.3) is 0 Å². The van der Waals surface area contributed by atoms with Gasteiger partial charge in [0.25, 0.3) is 0 Å². The average Bonchev–Trinajstić information content (AvgIpc) is 2.71. The lowest BCUT2D eigenvalue weighted by Gasteiger charge is -2.15. The summed E-state index contributed by atoms with van der Waals surface area (Å²) in [7, 11) is 0. The summed E-state index contributed by atoms with van der Waals surface area (Å²) in [6.45, 7) is 3.30. The highest BCUT2D eigenvalue weighted by Gasteiger charge is 2.20. The van der Waals surface area contributed by atoms with Gasteiger partial charge in [0.2, 0.25) is 5.91 Å². The van der Waals surface area contributed by atoms with Gasteiger partial charge in [-0.2, -0.15) is 0 Å². The number of amides is 1. The van der Waals surface area contributed by atoms with Gasteiger partial charge in [0.1, 0.15) is 0 Å². The number of carbonyl (C=O) groups is 2. The van der Waals surface area contributed by atoms with Crippen LogP contribution in [0.5, 0.6) is 0 Å². The summed E-state index contributed by atoms with van der Waals surface area (Å²) in [5, 5.41) is 3.34. The maximum Gasteiger partial charge on any atom is 0.229 e. The average molecular weight is 264 g/mol. The zero-order valence-corrected chi connectivity index (χ0v) is 11.3. The molecule has 2 rings (SSSR count). The van der Waals surface area contributed by atoms with Gasteiger partial charge in [-0.25, -0.2) is 4.98 Å². The molecule has 1 atom stereocenters. The van der Waals surface area contributed by atoms with Gasteiger partial charge in [-0.05, 0) is 26.2 Å². The van der Waals surface area contributed by atoms with E-state index >= 15 is 0 Å². The summed E-state index contributed by atoms with van der Waals surface area (Å²) < 4.78 is 0. The van der Waals surface area contributed by atoms with E-state index in [9.17, 15) is 9.59 Å². The first-order valence-electron chi connectivity index (χ1n) is 6.02. The molecule has 4 nitrogen and oxygen atoms in total. The summed E-state index contributed by atoms with van der Waals surface area (Å²) in [4.78, 5) is 28.1. The summed E-state index contributed by atoms with van der Waals surface area (Å²) >= 11 is 1.25. The molecule has 1 N–H and O–H groups in total. The van der Waals surface area contributed by atoms with Crippen molar-refractivity contribution in [2.45, 2.75) is 33.1 Å². The number of aromatic nitrogens is 1. The molecule has 5 heteroatoms. The molecule has 0 fully saturated rings. The molecule has 1 aromatic rings. The lowest BCUT2D eigenvalue weighted by molar-refractivity contribution is -0.120. The van der Waals surface area contributed by atoms with Gasteiger partial charge in [0, 0.05) is 12.8 Å². The second-order valence-corrected chi connectivity index (χ2v) is 5.46. The Hall–Kier alpha value is -1.49. The van der Waals surface area contributed by atoms with Gasteiger partial charge in [-0.1, -0.05) is 23.5 Å². The van der Waals surface area contributed by atoms with Crippen molar-refractivity contribution in [1.29, 1.82) is 0 Å². The number of aryl methyl sites for hydroxylation is 1. The Morgan fingerprint density at radius 3 is 2.78 bits per heavy atom. The number of hydrogen-bond donors (Lipinski definition) is 1. The molecule has 1 aromatic heterocycles. The van der Waals surface area contributed by atoms with E-state index in [4.69, 9.17) is 0 Å². The fourth-order valence-electron chi connectivity index (χ4n) is 2.02. The van der Waals surface area contributed by atoms with Crippen molar-refractivity contribution >= 4 is 28.2 Å². The smallest absolute Gasteiger partial charge is 0.229 e. The van der Waals surface area contributed by atoms with E-state index in [0.717, 1.165) is 19.3 Å². The van der Waals surface area contributed by atoms with Crippen LogP contribution in [0, 0.1) is 12.8 Å². The fraction of sp³-hybridized carbons (Fsp3) is 0.462. The Kier molecular flexibility index (Phi) is 3.91. The predicted molar refractivity (Wildman–Crippen MR) is 72.0 cm³/mol. The van der Waals surface area contributed by atoms with Crippen LogP contribution in [0.15, 0.2) is 12.2 Å². The topological polar surface area (TPSA) is 59.1 Å². The first kappa shape index (κ1) is 13.0. The lowest BCUT2D eigenvalue weighted by atomic mass is 9.94. The van der Waals surface area contributed by atoms with E-state index in [2.05, 4.69) is 16.4 Å². The standard InChI is InChI=1S/C13H16N2O2S/c1-8-11(9(2)16)18-13(14-8)15-12(17)10-6-4-3-5-7-10/h3-4,10H,5-7H2,1-2H3,(H,14,15,17)/t10-/m0/s1. The molecule has 0 radical (unpaired) electrons. The largest absolute Gasteiger partial charge is 0.302 e. The number of anilines is 1. The minimum atomic E-state index is -0.00824. The van der Waals surface area contributed by atoms with Gasteiger partial charge in [-0.3, -0.25) is 9.59 Å². The number of thiazole rings is 1. The summed E-state index contributed by atoms with van der Waals surface area (Å²) in [6, 6.07) is 0. The molecule has 0 unspecified atom stereocenters. The Morgan fingerprint density at radius 1 is 1.44 bits per heavy atom. The van der Waals surface area contributed by atoms with Crippen LogP contribution in [0.4, 0.5) is 5.13 Å². The molecule has 1 heterocycles. The number of nitrogens with one attached hydrogen (secondary N) is 1. The van der Waals surface area contributed by atoms with E-state index in [1.54, 1.807) is 6.92 Å². The molecule has 18 heavy (non-hydrogen) atoms. The Labute approximate surface area is 110 Å². The van der Waals surface area contributed by atoms with Crippen molar-refractivity contribution < 1.29 is 9.59 Å². The van der Waals surface area contributed by atoms with Crippen LogP contribution in [0.1, 0.15) is 41.6 Å². The minimum Gasteiger partial charge on any atom is -0.302 e. The Balaban J connectivity index is 2.05. The van der Waals surface area contributed by atoms with E-state index < -0.39 is 0 Å². The molecule has 0 bridgehead atoms. The highest BCUT2D eigenvalue weighted by Crippen LogP contribution is 2.25. The highest BCUT2D eigenvalue weighted by molar-refractivity contribution is 7.17. The molecule has 1 amide bonds. The summed E-state index contributed by atoms with van der Waals surface area (Å²) in [5.74, 6) is 0.0225. The lowest BCUT2D eigenvalue weighted by Crippen LogP contribution is -2.23. The van der Waals surface area contributed by atoms with Crippen molar-refractivity contribution in [2.24, 2.45) is 5.92 Å². The zero-order chi connectivity index (χ0) is 13.1. The van der Waals surface area contributed by atoms with E-state index in [1.165, 1.54) is 18.3 Å². The quantitative estimate of drug-likeness (QED) is 0.674. The molecular weight excluding hydrogens is 248 g/mol. The molecule has 0 saturated heterocycles. The molecule has 1 aliphatic rings. The normalized spacial score (nSPS) is 18.7. The van der Waals surface area contributed by atoms with Crippen LogP contribution in [0.2, 0.25) is 0 Å². The van der Waals surface area contributed by atoms with Crippen molar-refractivity contribution in [3.8, 4) is 0 Å². The number of ketones is 1. The van der Waals surface area contributed by atoms with Gasteiger partial charge in [-0.15, -0.1) is 0 Å². The van der Waals surface area contributed by atoms with Gasteiger partial charge < -0.3 is 5.32 Å². The molecule has 1 aliphatic carbocycles. The minimum absolute atomic E-state index is 0.00296. The molecule has 0 saturated carbocycles. The SMILES string of the molecule is CC(=O)c1sc(NC(=O)[C@H]2CC=CCC2)nc1C. The van der Waals surface area contributed by atoms with Crippen LogP contribution in [0.3, 0.4) is 0 Å². The second-order valence-electron chi connectivity index (χ2n) is 4.46. The monoisotopic (exact) mass is 264 g/mol. The van der Waals surface area contributed by atoms with E-state index in [0.29, 0.717) is 15.7 Å². The van der Waals surface area contributed by atoms with Gasteiger partial charge in [0.15, 0.2) is 10.9 Å². The van der Waals surface area contributed by atoms with Crippen LogP contribution < -0.4 is 5.32 Å². The third-order valence-corrected chi connectivity index (χ3v) is 4.16. The Morgan fingerprint density at radius 2 is 2.22 bits per heavy atom. The van der Waals surface area contributed by atoms with Crippen LogP contribution in [-0.2, 0) is 4.79 Å². The van der Waals surface area contributed by atoms with E-state index in [-0.39, 0.29) is 17.6 Å². The molecule has 0 spiro atoms. The molecule has 0 aromatic carbocycles. The number of hydrogen-bond acceptors (Lipinski definition) is 4. The zero-order valence-electron chi connectivity index (χ0n) is 10.5. The molecule has 0 aliphatic heterocycles. The van der Waals surface area contributed by atoms with Gasteiger partial charge in [0.05, 0.1) is 10.6 Å².